The Morgan fingerprint density at radius 3 is 1.44 bits per heavy atom. The fourth-order valence-electron chi connectivity index (χ4n) is 3.26. The smallest absolute Gasteiger partial charge is 0.225 e. The van der Waals surface area contributed by atoms with Crippen molar-refractivity contribution in [1.82, 2.24) is 9.97 Å². The van der Waals surface area contributed by atoms with Gasteiger partial charge in [0.05, 0.1) is 35.7 Å². The molecule has 4 aromatic carbocycles. The summed E-state index contributed by atoms with van der Waals surface area (Å²) >= 11 is 0. The number of phenols is 1. The number of ether oxygens (including phenoxy) is 1. The van der Waals surface area contributed by atoms with E-state index < -0.39 is 0 Å². The zero-order valence-electron chi connectivity index (χ0n) is 21.4. The molecular formula is C32H21FN4O4. The van der Waals surface area contributed by atoms with Crippen molar-refractivity contribution in [2.75, 3.05) is 0 Å². The third-order valence-corrected chi connectivity index (χ3v) is 5.27. The van der Waals surface area contributed by atoms with Crippen LogP contribution in [0.25, 0.3) is 22.9 Å². The fourth-order valence-corrected chi connectivity index (χ4v) is 3.26. The molecule has 0 saturated heterocycles. The molecule has 6 aromatic rings. The monoisotopic (exact) mass is 544 g/mol. The highest BCUT2D eigenvalue weighted by atomic mass is 19.1. The molecule has 8 nitrogen and oxygen atoms in total. The molecule has 41 heavy (non-hydrogen) atoms. The van der Waals surface area contributed by atoms with E-state index in [1.807, 2.05) is 30.3 Å². The summed E-state index contributed by atoms with van der Waals surface area (Å²) in [7, 11) is 0. The Balaban J connectivity index is 0.000000156. The quantitative estimate of drug-likeness (QED) is 0.238. The van der Waals surface area contributed by atoms with Crippen molar-refractivity contribution in [3.8, 4) is 52.3 Å². The molecule has 0 radical (unpaired) electrons. The summed E-state index contributed by atoms with van der Waals surface area (Å²) in [6.45, 7) is 0. The van der Waals surface area contributed by atoms with E-state index in [0.29, 0.717) is 34.4 Å². The van der Waals surface area contributed by atoms with Crippen molar-refractivity contribution in [2.45, 2.75) is 0 Å². The number of nitrogens with zero attached hydrogens (tertiary/aromatic N) is 4. The van der Waals surface area contributed by atoms with E-state index >= 15 is 0 Å². The molecule has 0 saturated carbocycles. The van der Waals surface area contributed by atoms with Gasteiger partial charge in [0.15, 0.2) is 0 Å². The summed E-state index contributed by atoms with van der Waals surface area (Å²) in [5.74, 6) is 2.47. The van der Waals surface area contributed by atoms with E-state index in [2.05, 4.69) is 16.0 Å². The number of aromatic nitrogens is 2. The van der Waals surface area contributed by atoms with Crippen LogP contribution in [-0.2, 0) is 0 Å². The Kier molecular flexibility index (Phi) is 9.57. The first kappa shape index (κ1) is 27.8. The molecule has 1 N–H and O–H groups in total. The predicted molar refractivity (Wildman–Crippen MR) is 148 cm³/mol. The van der Waals surface area contributed by atoms with E-state index in [9.17, 15) is 4.39 Å². The number of halogens is 1. The third kappa shape index (κ3) is 8.40. The van der Waals surface area contributed by atoms with Crippen LogP contribution in [0.3, 0.4) is 0 Å². The van der Waals surface area contributed by atoms with Crippen LogP contribution in [0.1, 0.15) is 11.1 Å². The lowest BCUT2D eigenvalue weighted by molar-refractivity contribution is 0.475. The largest absolute Gasteiger partial charge is 0.508 e. The van der Waals surface area contributed by atoms with Gasteiger partial charge in [-0.05, 0) is 97.1 Å². The molecule has 0 atom stereocenters. The lowest BCUT2D eigenvalue weighted by Crippen LogP contribution is -1.85. The Bertz CT molecular complexity index is 1700. The van der Waals surface area contributed by atoms with Crippen molar-refractivity contribution in [2.24, 2.45) is 0 Å². The van der Waals surface area contributed by atoms with Gasteiger partial charge in [0.2, 0.25) is 11.8 Å². The molecule has 0 fully saturated rings. The summed E-state index contributed by atoms with van der Waals surface area (Å²) in [6, 6.07) is 30.5. The minimum atomic E-state index is -0.311. The van der Waals surface area contributed by atoms with E-state index in [1.165, 1.54) is 36.8 Å². The highest BCUT2D eigenvalue weighted by Gasteiger charge is 2.03. The number of nitriles is 2. The maximum atomic E-state index is 12.1. The van der Waals surface area contributed by atoms with E-state index in [0.717, 1.165) is 11.1 Å². The molecule has 0 amide bonds. The lowest BCUT2D eigenvalue weighted by atomic mass is 10.2. The van der Waals surface area contributed by atoms with Gasteiger partial charge < -0.3 is 18.7 Å². The molecule has 6 rings (SSSR count). The van der Waals surface area contributed by atoms with Crippen LogP contribution in [0.5, 0.6) is 17.2 Å². The van der Waals surface area contributed by atoms with Crippen LogP contribution in [0.15, 0.2) is 131 Å². The van der Waals surface area contributed by atoms with Crippen molar-refractivity contribution in [3.05, 3.63) is 139 Å². The second-order valence-corrected chi connectivity index (χ2v) is 8.10. The molecule has 2 heterocycles. The highest BCUT2D eigenvalue weighted by molar-refractivity contribution is 5.55. The minimum Gasteiger partial charge on any atom is -0.508 e. The standard InChI is InChI=1S/C16H10N2O2.C9H7NO2.C7H4FN/c17-11-12-1-5-14(6-2-12)20-15-7-3-13(4-8-15)16-18-9-10-19-16;11-8-3-1-7(2-4-8)9-10-5-6-12-9;8-7-3-1-6(5-9)2-4-7/h1-10H;1-6,11H;1-4H. The second-order valence-electron chi connectivity index (χ2n) is 8.10. The topological polar surface area (TPSA) is 129 Å². The number of benzene rings is 4. The van der Waals surface area contributed by atoms with Crippen LogP contribution < -0.4 is 4.74 Å². The second kappa shape index (κ2) is 14.1. The van der Waals surface area contributed by atoms with Crippen molar-refractivity contribution in [3.63, 3.8) is 0 Å². The van der Waals surface area contributed by atoms with Gasteiger partial charge >= 0.3 is 0 Å². The first-order chi connectivity index (χ1) is 20.0. The van der Waals surface area contributed by atoms with Gasteiger partial charge in [-0.15, -0.1) is 0 Å². The first-order valence-corrected chi connectivity index (χ1v) is 12.1. The number of hydrogen-bond donors (Lipinski definition) is 1. The molecule has 0 aliphatic rings. The Morgan fingerprint density at radius 2 is 1.02 bits per heavy atom. The van der Waals surface area contributed by atoms with Crippen molar-refractivity contribution >= 4 is 0 Å². The summed E-state index contributed by atoms with van der Waals surface area (Å²) in [6.07, 6.45) is 6.25. The molecule has 200 valence electrons. The maximum absolute atomic E-state index is 12.1. The van der Waals surface area contributed by atoms with Gasteiger partial charge in [-0.2, -0.15) is 10.5 Å². The molecule has 0 unspecified atom stereocenters. The average Bonchev–Trinajstić information content (AvgIpc) is 3.75. The van der Waals surface area contributed by atoms with Gasteiger partial charge in [-0.25, -0.2) is 14.4 Å². The molecule has 2 aromatic heterocycles. The Hall–Kier alpha value is -6.19. The minimum absolute atomic E-state index is 0.241. The molecule has 0 aliphatic heterocycles. The van der Waals surface area contributed by atoms with E-state index in [-0.39, 0.29) is 11.6 Å². The van der Waals surface area contributed by atoms with Gasteiger partial charge in [-0.3, -0.25) is 0 Å². The molecular weight excluding hydrogens is 523 g/mol. The van der Waals surface area contributed by atoms with Crippen molar-refractivity contribution < 1.29 is 23.1 Å². The van der Waals surface area contributed by atoms with Crippen LogP contribution in [0.4, 0.5) is 4.39 Å². The van der Waals surface area contributed by atoms with Crippen LogP contribution in [0, 0.1) is 28.5 Å². The highest BCUT2D eigenvalue weighted by Crippen LogP contribution is 2.25. The number of oxazole rings is 2. The van der Waals surface area contributed by atoms with Crippen LogP contribution >= 0.6 is 0 Å². The van der Waals surface area contributed by atoms with Crippen LogP contribution in [0.2, 0.25) is 0 Å². The number of rotatable bonds is 4. The summed E-state index contributed by atoms with van der Waals surface area (Å²) in [4.78, 5) is 8.05. The SMILES string of the molecule is N#Cc1ccc(F)cc1.N#Cc1ccc(Oc2ccc(-c3ncco3)cc2)cc1.Oc1ccc(-c2ncco2)cc1. The number of hydrogen-bond acceptors (Lipinski definition) is 8. The Morgan fingerprint density at radius 1 is 0.610 bits per heavy atom. The summed E-state index contributed by atoms with van der Waals surface area (Å²) < 4.78 is 28.1. The van der Waals surface area contributed by atoms with Crippen molar-refractivity contribution in [1.29, 1.82) is 10.5 Å². The lowest BCUT2D eigenvalue weighted by Gasteiger charge is -2.05. The maximum Gasteiger partial charge on any atom is 0.225 e. The third-order valence-electron chi connectivity index (χ3n) is 5.27. The number of aromatic hydroxyl groups is 1. The number of phenolic OH excluding ortho intramolecular Hbond substituents is 1. The summed E-state index contributed by atoms with van der Waals surface area (Å²) in [5, 5.41) is 26.0. The molecule has 0 aliphatic carbocycles. The normalized spacial score (nSPS) is 9.63. The van der Waals surface area contributed by atoms with Gasteiger partial charge in [0.1, 0.15) is 35.6 Å². The molecule has 0 spiro atoms. The van der Waals surface area contributed by atoms with Gasteiger partial charge in [0.25, 0.3) is 0 Å². The first-order valence-electron chi connectivity index (χ1n) is 12.1. The average molecular weight is 545 g/mol. The van der Waals surface area contributed by atoms with Crippen LogP contribution in [-0.4, -0.2) is 15.1 Å². The molecule has 0 bridgehead atoms. The predicted octanol–water partition coefficient (Wildman–Crippen LogP) is 7.75. The molecule has 9 heteroatoms. The zero-order valence-corrected chi connectivity index (χ0v) is 21.4. The zero-order chi connectivity index (χ0) is 28.9. The Labute approximate surface area is 234 Å². The van der Waals surface area contributed by atoms with Gasteiger partial charge in [-0.1, -0.05) is 0 Å². The van der Waals surface area contributed by atoms with E-state index in [1.54, 1.807) is 60.9 Å². The fraction of sp³-hybridized carbons (Fsp3) is 0. The summed E-state index contributed by atoms with van der Waals surface area (Å²) in [5.41, 5.74) is 2.84. The van der Waals surface area contributed by atoms with E-state index in [4.69, 9.17) is 29.2 Å². The van der Waals surface area contributed by atoms with Gasteiger partial charge in [0, 0.05) is 11.1 Å².